The Kier molecular flexibility index (Phi) is 6.69. The van der Waals surface area contributed by atoms with E-state index in [4.69, 9.17) is 18.9 Å². The summed E-state index contributed by atoms with van der Waals surface area (Å²) >= 11 is 0. The van der Waals surface area contributed by atoms with E-state index in [1.807, 2.05) is 13.0 Å². The number of esters is 1. The molecule has 3 rings (SSSR count). The molecule has 0 fully saturated rings. The van der Waals surface area contributed by atoms with Crippen molar-refractivity contribution in [3.05, 3.63) is 59.3 Å². The molecule has 0 spiro atoms. The van der Waals surface area contributed by atoms with Crippen molar-refractivity contribution in [2.24, 2.45) is 4.99 Å². The molecule has 2 aromatic carbocycles. The number of likely N-dealkylation sites (N-methyl/N-ethyl adjacent to an activating group) is 1. The second-order valence-corrected chi connectivity index (χ2v) is 6.19. The minimum atomic E-state index is -0.563. The molecule has 0 aliphatic carbocycles. The van der Waals surface area contributed by atoms with E-state index in [-0.39, 0.29) is 24.1 Å². The molecule has 0 saturated heterocycles. The molecule has 2 aromatic rings. The van der Waals surface area contributed by atoms with Crippen LogP contribution in [0.1, 0.15) is 18.1 Å². The van der Waals surface area contributed by atoms with E-state index in [9.17, 15) is 9.59 Å². The number of nitrogens with zero attached hydrogens (tertiary/aromatic N) is 1. The van der Waals surface area contributed by atoms with Crippen LogP contribution in [0.2, 0.25) is 0 Å². The number of carbonyl (C=O) groups excluding carboxylic acids is 2. The molecular weight excluding hydrogens is 388 g/mol. The van der Waals surface area contributed by atoms with Gasteiger partial charge >= 0.3 is 5.97 Å². The van der Waals surface area contributed by atoms with Crippen LogP contribution in [0, 0.1) is 0 Å². The number of cyclic esters (lactones) is 1. The standard InChI is InChI=1S/C22H22N2O6/c1-4-23-20(25)13-29-18-10-9-14(12-19(18)28-3)11-16-22(26)30-21(24-16)15-7-5-6-8-17(15)27-2/h5-12H,4,13H2,1-3H3,(H,23,25)/b16-11-. The molecule has 0 aromatic heterocycles. The van der Waals surface area contributed by atoms with Gasteiger partial charge in [-0.1, -0.05) is 18.2 Å². The highest BCUT2D eigenvalue weighted by Gasteiger charge is 2.26. The van der Waals surface area contributed by atoms with Gasteiger partial charge in [0.2, 0.25) is 5.90 Å². The van der Waals surface area contributed by atoms with Crippen molar-refractivity contribution >= 4 is 23.9 Å². The molecule has 1 amide bonds. The Hall–Kier alpha value is -3.81. The SMILES string of the molecule is CCNC(=O)COc1ccc(/C=C2\N=C(c3ccccc3OC)OC2=O)cc1OC. The number of ether oxygens (including phenoxy) is 4. The van der Waals surface area contributed by atoms with Crippen LogP contribution in [0.15, 0.2) is 53.2 Å². The van der Waals surface area contributed by atoms with Crippen LogP contribution in [-0.4, -0.2) is 45.1 Å². The van der Waals surface area contributed by atoms with Crippen molar-refractivity contribution in [2.45, 2.75) is 6.92 Å². The van der Waals surface area contributed by atoms with Gasteiger partial charge in [-0.2, -0.15) is 0 Å². The van der Waals surface area contributed by atoms with E-state index in [1.165, 1.54) is 14.2 Å². The number of amides is 1. The molecule has 1 aliphatic rings. The van der Waals surface area contributed by atoms with Crippen molar-refractivity contribution in [1.29, 1.82) is 0 Å². The Labute approximate surface area is 174 Å². The molecule has 8 heteroatoms. The van der Waals surface area contributed by atoms with Crippen molar-refractivity contribution in [2.75, 3.05) is 27.4 Å². The summed E-state index contributed by atoms with van der Waals surface area (Å²) in [6.45, 7) is 2.24. The number of hydrogen-bond acceptors (Lipinski definition) is 7. The summed E-state index contributed by atoms with van der Waals surface area (Å²) in [7, 11) is 3.03. The molecular formula is C22H22N2O6. The van der Waals surface area contributed by atoms with Gasteiger partial charge < -0.3 is 24.3 Å². The summed E-state index contributed by atoms with van der Waals surface area (Å²) in [6.07, 6.45) is 1.58. The third-order valence-electron chi connectivity index (χ3n) is 4.18. The zero-order chi connectivity index (χ0) is 21.5. The van der Waals surface area contributed by atoms with Gasteiger partial charge in [0.1, 0.15) is 5.75 Å². The van der Waals surface area contributed by atoms with Gasteiger partial charge in [-0.05, 0) is 42.8 Å². The molecule has 1 heterocycles. The minimum absolute atomic E-state index is 0.122. The van der Waals surface area contributed by atoms with Gasteiger partial charge in [0, 0.05) is 6.54 Å². The number of rotatable bonds is 8. The predicted octanol–water partition coefficient (Wildman–Crippen LogP) is 2.56. The highest BCUT2D eigenvalue weighted by atomic mass is 16.6. The van der Waals surface area contributed by atoms with Crippen LogP contribution < -0.4 is 19.5 Å². The first-order valence-corrected chi connectivity index (χ1v) is 9.29. The summed E-state index contributed by atoms with van der Waals surface area (Å²) in [5, 5.41) is 2.65. The van der Waals surface area contributed by atoms with Gasteiger partial charge in [0.25, 0.3) is 5.91 Å². The van der Waals surface area contributed by atoms with E-state index in [0.717, 1.165) is 0 Å². The highest BCUT2D eigenvalue weighted by molar-refractivity contribution is 6.13. The van der Waals surface area contributed by atoms with E-state index >= 15 is 0 Å². The van der Waals surface area contributed by atoms with E-state index in [1.54, 1.807) is 42.5 Å². The number of nitrogens with one attached hydrogen (secondary N) is 1. The molecule has 156 valence electrons. The molecule has 0 bridgehead atoms. The minimum Gasteiger partial charge on any atom is -0.496 e. The number of hydrogen-bond donors (Lipinski definition) is 1. The second kappa shape index (κ2) is 9.60. The summed E-state index contributed by atoms with van der Waals surface area (Å²) in [5.74, 6) is 0.786. The van der Waals surface area contributed by atoms with Gasteiger partial charge in [-0.25, -0.2) is 9.79 Å². The van der Waals surface area contributed by atoms with Gasteiger partial charge in [0.15, 0.2) is 23.8 Å². The first kappa shape index (κ1) is 20.9. The van der Waals surface area contributed by atoms with Crippen molar-refractivity contribution in [1.82, 2.24) is 5.32 Å². The monoisotopic (exact) mass is 410 g/mol. The summed E-state index contributed by atoms with van der Waals surface area (Å²) in [5.41, 5.74) is 1.39. The van der Waals surface area contributed by atoms with Gasteiger partial charge in [-0.15, -0.1) is 0 Å². The number of methoxy groups -OCH3 is 2. The van der Waals surface area contributed by atoms with Crippen LogP contribution in [-0.2, 0) is 14.3 Å². The fraction of sp³-hybridized carbons (Fsp3) is 0.227. The molecule has 0 atom stereocenters. The molecule has 0 unspecified atom stereocenters. The summed E-state index contributed by atoms with van der Waals surface area (Å²) in [6, 6.07) is 12.2. The summed E-state index contributed by atoms with van der Waals surface area (Å²) in [4.78, 5) is 28.2. The number of carbonyl (C=O) groups is 2. The van der Waals surface area contributed by atoms with Crippen LogP contribution in [0.5, 0.6) is 17.2 Å². The van der Waals surface area contributed by atoms with Crippen LogP contribution in [0.3, 0.4) is 0 Å². The second-order valence-electron chi connectivity index (χ2n) is 6.19. The summed E-state index contributed by atoms with van der Waals surface area (Å²) < 4.78 is 21.4. The first-order chi connectivity index (χ1) is 14.5. The van der Waals surface area contributed by atoms with Crippen LogP contribution >= 0.6 is 0 Å². The lowest BCUT2D eigenvalue weighted by atomic mass is 10.1. The fourth-order valence-corrected chi connectivity index (χ4v) is 2.79. The average molecular weight is 410 g/mol. The Morgan fingerprint density at radius 2 is 1.87 bits per heavy atom. The smallest absolute Gasteiger partial charge is 0.363 e. The Morgan fingerprint density at radius 3 is 2.60 bits per heavy atom. The third-order valence-corrected chi connectivity index (χ3v) is 4.18. The molecule has 30 heavy (non-hydrogen) atoms. The van der Waals surface area contributed by atoms with Crippen molar-refractivity contribution in [3.63, 3.8) is 0 Å². The number of benzene rings is 2. The lowest BCUT2D eigenvalue weighted by Crippen LogP contribution is -2.28. The van der Waals surface area contributed by atoms with Crippen LogP contribution in [0.4, 0.5) is 0 Å². The number of para-hydroxylation sites is 1. The molecule has 0 radical (unpaired) electrons. The van der Waals surface area contributed by atoms with E-state index in [2.05, 4.69) is 10.3 Å². The van der Waals surface area contributed by atoms with E-state index < -0.39 is 5.97 Å². The molecule has 0 saturated carbocycles. The quantitative estimate of drug-likeness (QED) is 0.531. The maximum atomic E-state index is 12.3. The Bertz CT molecular complexity index is 1010. The maximum Gasteiger partial charge on any atom is 0.363 e. The number of aliphatic imine (C=N–C) groups is 1. The zero-order valence-corrected chi connectivity index (χ0v) is 16.9. The highest BCUT2D eigenvalue weighted by Crippen LogP contribution is 2.30. The largest absolute Gasteiger partial charge is 0.496 e. The molecule has 1 N–H and O–H groups in total. The normalized spacial score (nSPS) is 14.2. The fourth-order valence-electron chi connectivity index (χ4n) is 2.79. The van der Waals surface area contributed by atoms with Crippen LogP contribution in [0.25, 0.3) is 6.08 Å². The predicted molar refractivity (Wildman–Crippen MR) is 111 cm³/mol. The maximum absolute atomic E-state index is 12.3. The first-order valence-electron chi connectivity index (χ1n) is 9.29. The third kappa shape index (κ3) is 4.78. The topological polar surface area (TPSA) is 95.5 Å². The Morgan fingerprint density at radius 1 is 1.10 bits per heavy atom. The van der Waals surface area contributed by atoms with E-state index in [0.29, 0.717) is 34.9 Å². The zero-order valence-electron chi connectivity index (χ0n) is 16.9. The van der Waals surface area contributed by atoms with Crippen molar-refractivity contribution in [3.8, 4) is 17.2 Å². The molecule has 8 nitrogen and oxygen atoms in total. The van der Waals surface area contributed by atoms with Gasteiger partial charge in [-0.3, -0.25) is 4.79 Å². The Balaban J connectivity index is 1.83. The average Bonchev–Trinajstić information content (AvgIpc) is 3.12. The van der Waals surface area contributed by atoms with Crippen molar-refractivity contribution < 1.29 is 28.5 Å². The lowest BCUT2D eigenvalue weighted by molar-refractivity contribution is -0.130. The van der Waals surface area contributed by atoms with Gasteiger partial charge in [0.05, 0.1) is 19.8 Å². The molecule has 1 aliphatic heterocycles. The lowest BCUT2D eigenvalue weighted by Gasteiger charge is -2.11.